The summed E-state index contributed by atoms with van der Waals surface area (Å²) >= 11 is 5.80. The van der Waals surface area contributed by atoms with Crippen LogP contribution < -0.4 is 5.73 Å². The van der Waals surface area contributed by atoms with E-state index >= 15 is 0 Å². The number of nitrogens with zero attached hydrogens (tertiary/aromatic N) is 1. The van der Waals surface area contributed by atoms with Gasteiger partial charge in [-0.2, -0.15) is 11.8 Å². The summed E-state index contributed by atoms with van der Waals surface area (Å²) in [6.45, 7) is 7.38. The van der Waals surface area contributed by atoms with E-state index in [2.05, 4.69) is 64.6 Å². The van der Waals surface area contributed by atoms with Crippen LogP contribution in [-0.4, -0.2) is 35.5 Å². The van der Waals surface area contributed by atoms with Crippen molar-refractivity contribution in [1.29, 1.82) is 0 Å². The third kappa shape index (κ3) is 3.75. The lowest BCUT2D eigenvalue weighted by Gasteiger charge is -2.38. The number of halogens is 1. The predicted molar refractivity (Wildman–Crippen MR) is 88.8 cm³/mol. The fourth-order valence-corrected chi connectivity index (χ4v) is 4.61. The Bertz CT molecular complexity index is 425. The van der Waals surface area contributed by atoms with E-state index in [9.17, 15) is 0 Å². The zero-order chi connectivity index (χ0) is 13.8. The quantitative estimate of drug-likeness (QED) is 0.906. The molecule has 0 spiro atoms. The fourth-order valence-electron chi connectivity index (χ4n) is 2.65. The lowest BCUT2D eigenvalue weighted by atomic mass is 10.0. The smallest absolute Gasteiger partial charge is 0.0482 e. The van der Waals surface area contributed by atoms with Crippen LogP contribution in [0.1, 0.15) is 30.5 Å². The van der Waals surface area contributed by atoms with E-state index in [4.69, 9.17) is 5.73 Å². The number of rotatable bonds is 4. The van der Waals surface area contributed by atoms with E-state index in [1.54, 1.807) is 0 Å². The van der Waals surface area contributed by atoms with Crippen LogP contribution in [-0.2, 0) is 0 Å². The Morgan fingerprint density at radius 1 is 1.53 bits per heavy atom. The molecule has 2 nitrogen and oxygen atoms in total. The molecule has 2 rings (SSSR count). The monoisotopic (exact) mass is 342 g/mol. The standard InChI is InChI=1S/C15H23BrN2S/c1-3-12-10-18(6-7-19-12)15(9-17)13-5-4-11(2)8-14(13)16/h4-5,8,12,15H,3,6-7,9-10,17H2,1-2H3. The Hall–Kier alpha value is -0.0300. The minimum absolute atomic E-state index is 0.338. The van der Waals surface area contributed by atoms with Gasteiger partial charge in [0.2, 0.25) is 0 Å². The molecule has 2 unspecified atom stereocenters. The first kappa shape index (κ1) is 15.4. The highest BCUT2D eigenvalue weighted by Gasteiger charge is 2.26. The number of thioether (sulfide) groups is 1. The molecule has 0 bridgehead atoms. The molecule has 1 saturated heterocycles. The number of benzene rings is 1. The molecule has 0 amide bonds. The van der Waals surface area contributed by atoms with E-state index in [1.165, 1.54) is 27.8 Å². The van der Waals surface area contributed by atoms with Gasteiger partial charge in [-0.25, -0.2) is 0 Å². The summed E-state index contributed by atoms with van der Waals surface area (Å²) in [7, 11) is 0. The topological polar surface area (TPSA) is 29.3 Å². The molecule has 0 aliphatic carbocycles. The minimum Gasteiger partial charge on any atom is -0.329 e. The van der Waals surface area contributed by atoms with Gasteiger partial charge in [-0.3, -0.25) is 4.90 Å². The van der Waals surface area contributed by atoms with Crippen molar-refractivity contribution in [3.63, 3.8) is 0 Å². The third-order valence-corrected chi connectivity index (χ3v) is 5.86. The van der Waals surface area contributed by atoms with Crippen LogP contribution in [0.2, 0.25) is 0 Å². The average Bonchev–Trinajstić information content (AvgIpc) is 2.42. The molecule has 1 aliphatic heterocycles. The second-order valence-electron chi connectivity index (χ2n) is 5.17. The van der Waals surface area contributed by atoms with Crippen LogP contribution >= 0.6 is 27.7 Å². The molecule has 1 fully saturated rings. The van der Waals surface area contributed by atoms with E-state index in [-0.39, 0.29) is 0 Å². The summed E-state index contributed by atoms with van der Waals surface area (Å²) in [6, 6.07) is 6.93. The molecular weight excluding hydrogens is 320 g/mol. The molecule has 2 atom stereocenters. The summed E-state index contributed by atoms with van der Waals surface area (Å²) < 4.78 is 1.19. The molecule has 19 heavy (non-hydrogen) atoms. The molecule has 2 N–H and O–H groups in total. The Morgan fingerprint density at radius 2 is 2.32 bits per heavy atom. The SMILES string of the molecule is CCC1CN(C(CN)c2ccc(C)cc2Br)CCS1. The highest BCUT2D eigenvalue weighted by Crippen LogP contribution is 2.32. The molecule has 1 heterocycles. The molecule has 0 aromatic heterocycles. The van der Waals surface area contributed by atoms with Crippen LogP contribution in [0, 0.1) is 6.92 Å². The average molecular weight is 343 g/mol. The van der Waals surface area contributed by atoms with Crippen molar-refractivity contribution >= 4 is 27.7 Å². The maximum atomic E-state index is 6.06. The van der Waals surface area contributed by atoms with Crippen LogP contribution in [0.15, 0.2) is 22.7 Å². The van der Waals surface area contributed by atoms with Gasteiger partial charge in [-0.05, 0) is 30.5 Å². The largest absolute Gasteiger partial charge is 0.329 e. The zero-order valence-corrected chi connectivity index (χ0v) is 14.1. The second kappa shape index (κ2) is 7.11. The van der Waals surface area contributed by atoms with Gasteiger partial charge in [0, 0.05) is 41.2 Å². The van der Waals surface area contributed by atoms with E-state index in [1.807, 2.05) is 0 Å². The number of aryl methyl sites for hydroxylation is 1. The molecule has 1 aliphatic rings. The van der Waals surface area contributed by atoms with Crippen molar-refractivity contribution in [2.45, 2.75) is 31.6 Å². The van der Waals surface area contributed by atoms with Gasteiger partial charge in [0.25, 0.3) is 0 Å². The first-order valence-corrected chi connectivity index (χ1v) is 8.81. The van der Waals surface area contributed by atoms with Gasteiger partial charge in [-0.1, -0.05) is 35.0 Å². The normalized spacial score (nSPS) is 22.4. The molecule has 0 saturated carbocycles. The van der Waals surface area contributed by atoms with Crippen LogP contribution in [0.4, 0.5) is 0 Å². The van der Waals surface area contributed by atoms with Gasteiger partial charge in [0.15, 0.2) is 0 Å². The van der Waals surface area contributed by atoms with E-state index < -0.39 is 0 Å². The Balaban J connectivity index is 2.19. The lowest BCUT2D eigenvalue weighted by Crippen LogP contribution is -2.42. The van der Waals surface area contributed by atoms with Crippen molar-refractivity contribution in [3.05, 3.63) is 33.8 Å². The number of hydrogen-bond donors (Lipinski definition) is 1. The van der Waals surface area contributed by atoms with Crippen LogP contribution in [0.3, 0.4) is 0 Å². The third-order valence-electron chi connectivity index (χ3n) is 3.80. The highest BCUT2D eigenvalue weighted by molar-refractivity contribution is 9.10. The first-order chi connectivity index (χ1) is 9.15. The van der Waals surface area contributed by atoms with Gasteiger partial charge in [0.1, 0.15) is 0 Å². The van der Waals surface area contributed by atoms with E-state index in [0.29, 0.717) is 12.6 Å². The molecule has 1 aromatic rings. The predicted octanol–water partition coefficient (Wildman–Crippen LogP) is 3.58. The van der Waals surface area contributed by atoms with Crippen molar-refractivity contribution in [2.24, 2.45) is 5.73 Å². The van der Waals surface area contributed by atoms with Crippen LogP contribution in [0.25, 0.3) is 0 Å². The first-order valence-electron chi connectivity index (χ1n) is 6.97. The van der Waals surface area contributed by atoms with E-state index in [0.717, 1.165) is 18.3 Å². The lowest BCUT2D eigenvalue weighted by molar-refractivity contribution is 0.207. The zero-order valence-electron chi connectivity index (χ0n) is 11.7. The van der Waals surface area contributed by atoms with Crippen LogP contribution in [0.5, 0.6) is 0 Å². The molecule has 1 aromatic carbocycles. The summed E-state index contributed by atoms with van der Waals surface area (Å²) in [5, 5.41) is 0.757. The Morgan fingerprint density at radius 3 is 2.95 bits per heavy atom. The number of hydrogen-bond acceptors (Lipinski definition) is 3. The molecule has 106 valence electrons. The van der Waals surface area contributed by atoms with Crippen molar-refractivity contribution in [3.8, 4) is 0 Å². The maximum Gasteiger partial charge on any atom is 0.0482 e. The number of nitrogens with two attached hydrogens (primary N) is 1. The summed E-state index contributed by atoms with van der Waals surface area (Å²) in [4.78, 5) is 2.56. The highest BCUT2D eigenvalue weighted by atomic mass is 79.9. The van der Waals surface area contributed by atoms with Gasteiger partial charge >= 0.3 is 0 Å². The molecule has 4 heteroatoms. The second-order valence-corrected chi connectivity index (χ2v) is 7.44. The summed E-state index contributed by atoms with van der Waals surface area (Å²) in [6.07, 6.45) is 1.24. The molecular formula is C15H23BrN2S. The fraction of sp³-hybridized carbons (Fsp3) is 0.600. The van der Waals surface area contributed by atoms with Crippen molar-refractivity contribution in [1.82, 2.24) is 4.90 Å². The van der Waals surface area contributed by atoms with Gasteiger partial charge in [-0.15, -0.1) is 0 Å². The Labute approximate surface area is 129 Å². The maximum absolute atomic E-state index is 6.06. The Kier molecular flexibility index (Phi) is 5.75. The minimum atomic E-state index is 0.338. The molecule has 0 radical (unpaired) electrons. The summed E-state index contributed by atoms with van der Waals surface area (Å²) in [5.74, 6) is 1.22. The van der Waals surface area contributed by atoms with Crippen molar-refractivity contribution < 1.29 is 0 Å². The van der Waals surface area contributed by atoms with Crippen molar-refractivity contribution in [2.75, 3.05) is 25.4 Å². The van der Waals surface area contributed by atoms with Gasteiger partial charge in [0.05, 0.1) is 0 Å². The summed E-state index contributed by atoms with van der Waals surface area (Å²) in [5.41, 5.74) is 8.67. The van der Waals surface area contributed by atoms with Gasteiger partial charge < -0.3 is 5.73 Å².